The van der Waals surface area contributed by atoms with E-state index in [0.717, 1.165) is 0 Å². The van der Waals surface area contributed by atoms with Crippen LogP contribution in [0.4, 0.5) is 4.39 Å². The molecule has 152 valence electrons. The highest BCUT2D eigenvalue weighted by Crippen LogP contribution is 2.34. The lowest BCUT2D eigenvalue weighted by molar-refractivity contribution is -0.314. The first-order valence-corrected chi connectivity index (χ1v) is 9.10. The summed E-state index contributed by atoms with van der Waals surface area (Å²) in [4.78, 5) is 0. The summed E-state index contributed by atoms with van der Waals surface area (Å²) in [5.74, 6) is -0.0912. The molecule has 1 saturated heterocycles. The number of aliphatic hydroxyl groups is 4. The monoisotopic (exact) mass is 412 g/mol. The highest BCUT2D eigenvalue weighted by Gasteiger charge is 2.53. The van der Waals surface area contributed by atoms with E-state index in [9.17, 15) is 24.8 Å². The summed E-state index contributed by atoms with van der Waals surface area (Å²) in [6.07, 6.45) is -5.45. The number of benzene rings is 2. The van der Waals surface area contributed by atoms with Gasteiger partial charge in [0.1, 0.15) is 29.9 Å². The van der Waals surface area contributed by atoms with Gasteiger partial charge in [0, 0.05) is 5.02 Å². The van der Waals surface area contributed by atoms with E-state index >= 15 is 0 Å². The Morgan fingerprint density at radius 1 is 1.18 bits per heavy atom. The molecule has 0 aromatic heterocycles. The van der Waals surface area contributed by atoms with Crippen molar-refractivity contribution in [2.24, 2.45) is 0 Å². The van der Waals surface area contributed by atoms with E-state index in [1.165, 1.54) is 19.1 Å². The molecule has 0 saturated carbocycles. The topological polar surface area (TPSA) is 99.4 Å². The van der Waals surface area contributed by atoms with Crippen molar-refractivity contribution in [1.29, 1.82) is 0 Å². The maximum Gasteiger partial charge on any atom is 0.231 e. The van der Waals surface area contributed by atoms with Gasteiger partial charge in [-0.3, -0.25) is 0 Å². The van der Waals surface area contributed by atoms with Gasteiger partial charge in [-0.15, -0.1) is 0 Å². The average Bonchev–Trinajstić information content (AvgIpc) is 2.63. The molecule has 28 heavy (non-hydrogen) atoms. The smallest absolute Gasteiger partial charge is 0.231 e. The molecule has 2 aromatic carbocycles. The largest absolute Gasteiger partial charge is 0.461 e. The van der Waals surface area contributed by atoms with Crippen molar-refractivity contribution in [2.45, 2.75) is 44.1 Å². The molecule has 6 nitrogen and oxygen atoms in total. The van der Waals surface area contributed by atoms with Gasteiger partial charge in [-0.1, -0.05) is 17.7 Å². The van der Waals surface area contributed by atoms with E-state index in [-0.39, 0.29) is 5.02 Å². The predicted octanol–water partition coefficient (Wildman–Crippen LogP) is 2.02. The summed E-state index contributed by atoms with van der Waals surface area (Å²) in [7, 11) is 0. The quantitative estimate of drug-likeness (QED) is 0.613. The molecule has 4 N–H and O–H groups in total. The third-order valence-electron chi connectivity index (χ3n) is 4.86. The number of aryl methyl sites for hydroxylation is 1. The Hall–Kier alpha value is -1.74. The van der Waals surface area contributed by atoms with Crippen LogP contribution in [0.15, 0.2) is 36.4 Å². The first kappa shape index (κ1) is 21.0. The fourth-order valence-corrected chi connectivity index (χ4v) is 3.38. The van der Waals surface area contributed by atoms with Crippen LogP contribution in [-0.2, 0) is 4.74 Å². The second-order valence-corrected chi connectivity index (χ2v) is 7.54. The van der Waals surface area contributed by atoms with Crippen molar-refractivity contribution in [3.05, 3.63) is 52.8 Å². The number of ether oxygens (including phenoxy) is 2. The minimum Gasteiger partial charge on any atom is -0.461 e. The van der Waals surface area contributed by atoms with Crippen LogP contribution in [0.3, 0.4) is 0 Å². The van der Waals surface area contributed by atoms with Crippen molar-refractivity contribution in [2.75, 3.05) is 6.61 Å². The summed E-state index contributed by atoms with van der Waals surface area (Å²) < 4.78 is 24.8. The molecule has 8 heteroatoms. The van der Waals surface area contributed by atoms with E-state index in [1.54, 1.807) is 31.2 Å². The minimum absolute atomic E-state index is 0.280. The summed E-state index contributed by atoms with van der Waals surface area (Å²) in [6.45, 7) is 2.48. The molecule has 1 heterocycles. The zero-order chi connectivity index (χ0) is 20.6. The number of hydrogen-bond acceptors (Lipinski definition) is 6. The van der Waals surface area contributed by atoms with Crippen LogP contribution >= 0.6 is 11.6 Å². The third kappa shape index (κ3) is 4.00. The Bertz CT molecular complexity index is 838. The lowest BCUT2D eigenvalue weighted by atomic mass is 9.88. The highest BCUT2D eigenvalue weighted by atomic mass is 35.5. The maximum atomic E-state index is 13.6. The average molecular weight is 413 g/mol. The van der Waals surface area contributed by atoms with Crippen LogP contribution in [0.5, 0.6) is 5.75 Å². The molecule has 1 fully saturated rings. The van der Waals surface area contributed by atoms with E-state index in [1.807, 2.05) is 0 Å². The SMILES string of the molecule is Cc1cc(-c2cc(F)cc(Cl)c2)ccc1O[C@H]1O[C@H](CO)[C@@H](O)[C@H](O)[C@]1(C)O. The molecule has 0 aliphatic carbocycles. The number of hydrogen-bond donors (Lipinski definition) is 4. The fourth-order valence-electron chi connectivity index (χ4n) is 3.16. The maximum absolute atomic E-state index is 13.6. The Morgan fingerprint density at radius 2 is 1.89 bits per heavy atom. The number of aliphatic hydroxyl groups excluding tert-OH is 3. The molecule has 3 rings (SSSR count). The molecule has 0 radical (unpaired) electrons. The summed E-state index contributed by atoms with van der Waals surface area (Å²) in [5, 5.41) is 40.2. The zero-order valence-corrected chi connectivity index (χ0v) is 16.1. The first-order chi connectivity index (χ1) is 13.1. The van der Waals surface area contributed by atoms with Crippen LogP contribution in [0.1, 0.15) is 12.5 Å². The lowest BCUT2D eigenvalue weighted by Gasteiger charge is -2.45. The molecule has 0 amide bonds. The molecule has 1 aliphatic heterocycles. The van der Waals surface area contributed by atoms with Gasteiger partial charge in [0.25, 0.3) is 0 Å². The summed E-state index contributed by atoms with van der Waals surface area (Å²) in [6, 6.07) is 9.29. The Morgan fingerprint density at radius 3 is 2.50 bits per heavy atom. The van der Waals surface area contributed by atoms with Gasteiger partial charge in [-0.25, -0.2) is 4.39 Å². The van der Waals surface area contributed by atoms with E-state index in [4.69, 9.17) is 21.1 Å². The standard InChI is InChI=1S/C20H22ClFO6/c1-10-5-11(12-6-13(21)8-14(22)7-12)3-4-15(10)27-19-20(2,26)18(25)17(24)16(9-23)28-19/h3-8,16-19,23-26H,9H2,1-2H3/t16-,17-,18+,19+,20+/m1/s1. The van der Waals surface area contributed by atoms with Crippen molar-refractivity contribution in [3.8, 4) is 16.9 Å². The fraction of sp³-hybridized carbons (Fsp3) is 0.400. The molecule has 2 aromatic rings. The van der Waals surface area contributed by atoms with Crippen molar-refractivity contribution < 1.29 is 34.3 Å². The molecule has 0 bridgehead atoms. The lowest BCUT2D eigenvalue weighted by Crippen LogP contribution is -2.66. The zero-order valence-electron chi connectivity index (χ0n) is 15.3. The molecule has 5 atom stereocenters. The number of rotatable bonds is 4. The van der Waals surface area contributed by atoms with Crippen LogP contribution in [0, 0.1) is 12.7 Å². The van der Waals surface area contributed by atoms with Crippen LogP contribution < -0.4 is 4.74 Å². The second kappa shape index (κ2) is 7.94. The second-order valence-electron chi connectivity index (χ2n) is 7.11. The summed E-state index contributed by atoms with van der Waals surface area (Å²) >= 11 is 5.91. The Labute approximate surface area is 166 Å². The normalized spacial score (nSPS) is 30.3. The van der Waals surface area contributed by atoms with Crippen molar-refractivity contribution in [3.63, 3.8) is 0 Å². The van der Waals surface area contributed by atoms with Crippen LogP contribution in [0.25, 0.3) is 11.1 Å². The minimum atomic E-state index is -1.91. The van der Waals surface area contributed by atoms with Crippen LogP contribution in [0.2, 0.25) is 5.02 Å². The van der Waals surface area contributed by atoms with Gasteiger partial charge in [-0.05, 0) is 60.9 Å². The van der Waals surface area contributed by atoms with E-state index in [2.05, 4.69) is 0 Å². The molecular formula is C20H22ClFO6. The van der Waals surface area contributed by atoms with Gasteiger partial charge in [0.05, 0.1) is 6.61 Å². The highest BCUT2D eigenvalue weighted by molar-refractivity contribution is 6.30. The van der Waals surface area contributed by atoms with Crippen molar-refractivity contribution in [1.82, 2.24) is 0 Å². The molecule has 0 spiro atoms. The Balaban J connectivity index is 1.86. The van der Waals surface area contributed by atoms with E-state index in [0.29, 0.717) is 22.4 Å². The molecular weight excluding hydrogens is 391 g/mol. The van der Waals surface area contributed by atoms with Crippen molar-refractivity contribution >= 4 is 11.6 Å². The third-order valence-corrected chi connectivity index (χ3v) is 5.08. The van der Waals surface area contributed by atoms with Gasteiger partial charge >= 0.3 is 0 Å². The molecule has 1 aliphatic rings. The first-order valence-electron chi connectivity index (χ1n) is 8.72. The van der Waals surface area contributed by atoms with Crippen LogP contribution in [-0.4, -0.2) is 57.2 Å². The molecule has 0 unspecified atom stereocenters. The van der Waals surface area contributed by atoms with Gasteiger partial charge in [0.2, 0.25) is 6.29 Å². The van der Waals surface area contributed by atoms with Gasteiger partial charge in [-0.2, -0.15) is 0 Å². The van der Waals surface area contributed by atoms with E-state index < -0.39 is 42.6 Å². The summed E-state index contributed by atoms with van der Waals surface area (Å²) in [5.41, 5.74) is 0.0656. The predicted molar refractivity (Wildman–Crippen MR) is 101 cm³/mol. The number of halogens is 2. The Kier molecular flexibility index (Phi) is 5.95. The van der Waals surface area contributed by atoms with Gasteiger partial charge < -0.3 is 29.9 Å². The van der Waals surface area contributed by atoms with Gasteiger partial charge in [0.15, 0.2) is 5.60 Å².